The molecule has 3 aliphatic rings. The molecule has 3 atom stereocenters. The smallest absolute Gasteiger partial charge is 0.127 e. The third-order valence-electron chi connectivity index (χ3n) is 19.5. The maximum atomic E-state index is 12.7. The van der Waals surface area contributed by atoms with Crippen molar-refractivity contribution in [1.82, 2.24) is 0 Å². The molecule has 0 amide bonds. The molecule has 3 aliphatic heterocycles. The molecule has 3 aromatic rings. The lowest BCUT2D eigenvalue weighted by Gasteiger charge is -2.40. The Morgan fingerprint density at radius 2 is 0.889 bits per heavy atom. The van der Waals surface area contributed by atoms with Gasteiger partial charge in [0.15, 0.2) is 0 Å². The number of hydrogen-bond donors (Lipinski definition) is 3. The van der Waals surface area contributed by atoms with Gasteiger partial charge in [-0.25, -0.2) is 0 Å². The molecule has 0 unspecified atom stereocenters. The number of aryl methyl sites for hydroxylation is 2. The summed E-state index contributed by atoms with van der Waals surface area (Å²) in [5.74, 6) is 4.14. The molecule has 0 spiro atoms. The number of phenols is 3. The van der Waals surface area contributed by atoms with Crippen LogP contribution in [-0.2, 0) is 32.1 Å². The summed E-state index contributed by atoms with van der Waals surface area (Å²) in [5, 5.41) is 36.1. The van der Waals surface area contributed by atoms with Crippen LogP contribution < -0.4 is 14.2 Å². The van der Waals surface area contributed by atoms with Crippen LogP contribution in [0.3, 0.4) is 0 Å². The average Bonchev–Trinajstić information content (AvgIpc) is 2.53. The third-order valence-corrected chi connectivity index (χ3v) is 19.5. The fourth-order valence-corrected chi connectivity index (χ4v) is 13.6. The number of benzene rings is 3. The first-order valence-corrected chi connectivity index (χ1v) is 36.4. The predicted molar refractivity (Wildman–Crippen MR) is 389 cm³/mol. The Hall–Kier alpha value is -5.10. The molecule has 0 saturated heterocycles. The van der Waals surface area contributed by atoms with E-state index in [2.05, 4.69) is 133 Å². The van der Waals surface area contributed by atoms with Gasteiger partial charge >= 0.3 is 0 Å². The highest BCUT2D eigenvalue weighted by Gasteiger charge is 2.39. The first-order valence-electron chi connectivity index (χ1n) is 36.4. The first kappa shape index (κ1) is 77.3. The van der Waals surface area contributed by atoms with Crippen molar-refractivity contribution in [2.45, 2.75) is 347 Å². The Morgan fingerprint density at radius 1 is 0.467 bits per heavy atom. The number of allylic oxidation sites excluding steroid dienone is 12. The Balaban J connectivity index is 0.00000424. The number of fused-ring (bicyclic) bond motifs is 3. The zero-order valence-electron chi connectivity index (χ0n) is 61.3. The molecule has 3 heterocycles. The minimum Gasteiger partial charge on any atom is -0.508 e. The second-order valence-corrected chi connectivity index (χ2v) is 29.0. The molecule has 3 N–H and O–H groups in total. The van der Waals surface area contributed by atoms with E-state index in [4.69, 9.17) is 14.2 Å². The maximum absolute atomic E-state index is 12.7. The largest absolute Gasteiger partial charge is 0.508 e. The lowest BCUT2D eigenvalue weighted by Crippen LogP contribution is -2.38. The second-order valence-electron chi connectivity index (χ2n) is 29.0. The topological polar surface area (TPSA) is 88.4 Å². The highest BCUT2D eigenvalue weighted by atomic mass is 16.5. The second kappa shape index (κ2) is 38.8. The van der Waals surface area contributed by atoms with E-state index < -0.39 is 5.60 Å². The fourth-order valence-electron chi connectivity index (χ4n) is 13.6. The van der Waals surface area contributed by atoms with E-state index in [9.17, 15) is 15.3 Å². The van der Waals surface area contributed by atoms with E-state index in [0.717, 1.165) is 202 Å². The molecule has 0 bridgehead atoms. The molecular formula is C84H132O6. The summed E-state index contributed by atoms with van der Waals surface area (Å²) in [5.41, 5.74) is 15.8. The van der Waals surface area contributed by atoms with Crippen LogP contribution in [0.25, 0.3) is 0 Å². The predicted octanol–water partition coefficient (Wildman–Crippen LogP) is 25.3. The maximum Gasteiger partial charge on any atom is 0.127 e. The number of ether oxygens (including phenoxy) is 3. The van der Waals surface area contributed by atoms with Gasteiger partial charge in [0.25, 0.3) is 0 Å². The third kappa shape index (κ3) is 25.1. The van der Waals surface area contributed by atoms with E-state index in [1.165, 1.54) is 91.2 Å². The molecule has 0 fully saturated rings. The monoisotopic (exact) mass is 1240 g/mol. The van der Waals surface area contributed by atoms with Crippen LogP contribution in [0, 0.1) is 19.8 Å². The molecule has 3 aromatic carbocycles. The van der Waals surface area contributed by atoms with Gasteiger partial charge in [0, 0.05) is 46.2 Å². The Kier molecular flexibility index (Phi) is 33.3. The van der Waals surface area contributed by atoms with E-state index in [0.29, 0.717) is 12.8 Å². The number of rotatable bonds is 34. The van der Waals surface area contributed by atoms with Crippen molar-refractivity contribution in [3.05, 3.63) is 138 Å². The van der Waals surface area contributed by atoms with Crippen LogP contribution in [0.2, 0.25) is 0 Å². The Morgan fingerprint density at radius 3 is 1.39 bits per heavy atom. The number of unbranched alkanes of at least 4 members (excludes halogenated alkanes) is 8. The molecule has 6 heteroatoms. The molecular weight excluding hydrogens is 1100 g/mol. The van der Waals surface area contributed by atoms with Gasteiger partial charge < -0.3 is 29.5 Å². The van der Waals surface area contributed by atoms with Gasteiger partial charge in [0.2, 0.25) is 0 Å². The highest BCUT2D eigenvalue weighted by molar-refractivity contribution is 5.65. The molecule has 90 heavy (non-hydrogen) atoms. The van der Waals surface area contributed by atoms with Crippen molar-refractivity contribution < 1.29 is 29.5 Å². The average molecular weight is 1240 g/mol. The summed E-state index contributed by atoms with van der Waals surface area (Å²) in [6.45, 7) is 41.3. The Bertz CT molecular complexity index is 2890. The minimum atomic E-state index is -0.448. The quantitative estimate of drug-likeness (QED) is 0.0408. The first-order chi connectivity index (χ1) is 42.9. The van der Waals surface area contributed by atoms with Crippen LogP contribution in [0.4, 0.5) is 0 Å². The molecule has 504 valence electrons. The lowest BCUT2D eigenvalue weighted by molar-refractivity contribution is 0.0519. The molecule has 0 aliphatic carbocycles. The van der Waals surface area contributed by atoms with Crippen molar-refractivity contribution in [3.63, 3.8) is 0 Å². The molecule has 0 aromatic heterocycles. The lowest BCUT2D eigenvalue weighted by atomic mass is 9.80. The normalized spacial score (nSPS) is 19.0. The van der Waals surface area contributed by atoms with Gasteiger partial charge in [-0.05, 0) is 259 Å². The number of hydrogen-bond acceptors (Lipinski definition) is 6. The van der Waals surface area contributed by atoms with Gasteiger partial charge in [0.1, 0.15) is 51.3 Å². The zero-order valence-corrected chi connectivity index (χ0v) is 61.3. The molecule has 6 rings (SSSR count). The summed E-state index contributed by atoms with van der Waals surface area (Å²) in [6.07, 6.45) is 46.5. The van der Waals surface area contributed by atoms with Crippen LogP contribution in [0.15, 0.2) is 88.1 Å². The minimum absolute atomic E-state index is 0.231. The van der Waals surface area contributed by atoms with Gasteiger partial charge in [-0.3, -0.25) is 0 Å². The van der Waals surface area contributed by atoms with Crippen molar-refractivity contribution in [1.29, 1.82) is 0 Å². The summed E-state index contributed by atoms with van der Waals surface area (Å²) >= 11 is 0. The van der Waals surface area contributed by atoms with Crippen LogP contribution in [-0.4, -0.2) is 32.1 Å². The van der Waals surface area contributed by atoms with E-state index in [1.807, 2.05) is 52.8 Å². The van der Waals surface area contributed by atoms with Crippen LogP contribution in [0.1, 0.15) is 335 Å². The molecule has 6 nitrogen and oxygen atoms in total. The molecule has 0 radical (unpaired) electrons. The van der Waals surface area contributed by atoms with Crippen molar-refractivity contribution in [3.8, 4) is 34.5 Å². The summed E-state index contributed by atoms with van der Waals surface area (Å²) in [6, 6.07) is 5.63. The van der Waals surface area contributed by atoms with E-state index >= 15 is 0 Å². The van der Waals surface area contributed by atoms with Gasteiger partial charge in [-0.2, -0.15) is 0 Å². The van der Waals surface area contributed by atoms with Gasteiger partial charge in [0.05, 0.1) is 0 Å². The zero-order chi connectivity index (χ0) is 66.6. The van der Waals surface area contributed by atoms with Crippen molar-refractivity contribution >= 4 is 0 Å². The van der Waals surface area contributed by atoms with Crippen LogP contribution in [0.5, 0.6) is 34.5 Å². The van der Waals surface area contributed by atoms with Gasteiger partial charge in [-0.15, -0.1) is 0 Å². The number of aromatic hydroxyl groups is 3. The standard InChI is InChI=1S/C80H120O6.2C2H6/c1-56(2)31-23-21-19-17-16-18-20-22-24-45-78(13)48-42-65-52-67(81)53-66(76(65)85-78)54-72-69-44-50-80(15,47-30-41-62(10)39-28-37-60(8)35-26-33-58(5)6)86-77(69)70(64(12)74(72)83)55-71-68-43-49-79(14,84-75(68)63(11)51-73(71)82)46-29-40-61(9)38-27-36-59(7)34-25-32-57(3)4;2*1-2/h32-33,36-37,40-41,51-53,56,81-83H,16-31,34-35,38-39,42-50,54-55H2,1-15H3;2*1-2H3/b59-36+,60-37+,61-40+,62-41+;;/t78-,79-,80-;;/m1../s1. The highest BCUT2D eigenvalue weighted by Crippen LogP contribution is 2.51. The Labute approximate surface area is 552 Å². The molecule has 0 saturated carbocycles. The van der Waals surface area contributed by atoms with E-state index in [-0.39, 0.29) is 28.5 Å². The van der Waals surface area contributed by atoms with Crippen molar-refractivity contribution in [2.24, 2.45) is 5.92 Å². The van der Waals surface area contributed by atoms with Crippen LogP contribution >= 0.6 is 0 Å². The fraction of sp³-hybridized carbons (Fsp3) is 0.643. The SMILES string of the molecule is CC.CC.CC(C)=CCC/C(C)=C/CC/C(C)=C/CC[C@]1(C)CCc2c(Cc3c(C)c(O)c(Cc4cc(O)cc5c4O[C@](C)(CCCCCCCCCCCC(C)C)CC5)c4c3O[C@](C)(CC/C=C(\C)CC/C=C(\C)CCC=C(C)C)CC4)c(O)cc(C)c2O1. The summed E-state index contributed by atoms with van der Waals surface area (Å²) in [7, 11) is 0. The summed E-state index contributed by atoms with van der Waals surface area (Å²) < 4.78 is 21.7. The number of phenolic OH excluding ortho intramolecular Hbond substituents is 3. The van der Waals surface area contributed by atoms with E-state index in [1.54, 1.807) is 0 Å². The van der Waals surface area contributed by atoms with Crippen molar-refractivity contribution in [2.75, 3.05) is 0 Å². The summed E-state index contributed by atoms with van der Waals surface area (Å²) in [4.78, 5) is 0. The van der Waals surface area contributed by atoms with Gasteiger partial charge in [-0.1, -0.05) is 169 Å².